The maximum Gasteiger partial charge on any atom is 0.295 e. The molecular formula is C16H14N6O2. The first kappa shape index (κ1) is 14.3. The Bertz CT molecular complexity index is 1010. The van der Waals surface area contributed by atoms with Crippen molar-refractivity contribution in [3.8, 4) is 0 Å². The molecule has 2 N–H and O–H groups in total. The third-order valence-corrected chi connectivity index (χ3v) is 3.81. The van der Waals surface area contributed by atoms with Crippen molar-refractivity contribution < 1.29 is 9.59 Å². The highest BCUT2D eigenvalue weighted by Gasteiger charge is 2.19. The molecule has 8 nitrogen and oxygen atoms in total. The maximum absolute atomic E-state index is 12.4. The molecule has 0 radical (unpaired) electrons. The smallest absolute Gasteiger partial charge is 0.295 e. The normalized spacial score (nSPS) is 13.0. The molecule has 1 aliphatic heterocycles. The molecule has 0 spiro atoms. The standard InChI is InChI=1S/C16H14N6O2/c1-8-5-9(2)22-16(17-8)20-14(21-22)15(24)18-11-3-4-12-10(6-11)7-13(23)19-12/h3-6H,7H2,1-2H3,(H,18,24)(H,19,23). The molecule has 4 rings (SSSR count). The number of nitrogens with zero attached hydrogens (tertiary/aromatic N) is 4. The molecule has 2 aromatic heterocycles. The minimum atomic E-state index is -0.421. The van der Waals surface area contributed by atoms with Gasteiger partial charge in [0.25, 0.3) is 11.7 Å². The van der Waals surface area contributed by atoms with Crippen LogP contribution < -0.4 is 10.6 Å². The molecule has 0 atom stereocenters. The second-order valence-electron chi connectivity index (χ2n) is 5.74. The van der Waals surface area contributed by atoms with Gasteiger partial charge in [0.15, 0.2) is 0 Å². The Morgan fingerprint density at radius 3 is 2.92 bits per heavy atom. The minimum Gasteiger partial charge on any atom is -0.326 e. The largest absolute Gasteiger partial charge is 0.326 e. The zero-order chi connectivity index (χ0) is 16.8. The van der Waals surface area contributed by atoms with E-state index in [1.54, 1.807) is 18.2 Å². The number of anilines is 2. The van der Waals surface area contributed by atoms with Gasteiger partial charge in [-0.2, -0.15) is 4.98 Å². The first-order valence-corrected chi connectivity index (χ1v) is 7.45. The monoisotopic (exact) mass is 322 g/mol. The van der Waals surface area contributed by atoms with E-state index in [0.717, 1.165) is 22.6 Å². The van der Waals surface area contributed by atoms with Crippen LogP contribution in [0, 0.1) is 13.8 Å². The molecule has 2 amide bonds. The summed E-state index contributed by atoms with van der Waals surface area (Å²) in [5.74, 6) is -0.0329. The van der Waals surface area contributed by atoms with Crippen LogP contribution in [-0.4, -0.2) is 31.4 Å². The van der Waals surface area contributed by atoms with E-state index in [-0.39, 0.29) is 11.7 Å². The van der Waals surface area contributed by atoms with E-state index >= 15 is 0 Å². The fourth-order valence-corrected chi connectivity index (χ4v) is 2.76. The fraction of sp³-hybridized carbons (Fsp3) is 0.188. The second kappa shape index (κ2) is 5.12. The molecule has 8 heteroatoms. The number of fused-ring (bicyclic) bond motifs is 2. The van der Waals surface area contributed by atoms with Crippen LogP contribution in [-0.2, 0) is 11.2 Å². The first-order chi connectivity index (χ1) is 11.5. The van der Waals surface area contributed by atoms with Gasteiger partial charge in [-0.05, 0) is 43.7 Å². The number of carbonyl (C=O) groups is 2. The van der Waals surface area contributed by atoms with Crippen molar-refractivity contribution >= 4 is 29.0 Å². The maximum atomic E-state index is 12.4. The molecule has 0 fully saturated rings. The third-order valence-electron chi connectivity index (χ3n) is 3.81. The topological polar surface area (TPSA) is 101 Å². The quantitative estimate of drug-likeness (QED) is 0.744. The predicted octanol–water partition coefficient (Wildman–Crippen LogP) is 1.49. The number of hydrogen-bond donors (Lipinski definition) is 2. The number of nitrogens with one attached hydrogen (secondary N) is 2. The van der Waals surface area contributed by atoms with Gasteiger partial charge in [0.1, 0.15) is 0 Å². The third kappa shape index (κ3) is 2.37. The van der Waals surface area contributed by atoms with Crippen LogP contribution in [0.3, 0.4) is 0 Å². The van der Waals surface area contributed by atoms with Crippen molar-refractivity contribution in [3.63, 3.8) is 0 Å². The molecule has 0 saturated heterocycles. The highest BCUT2D eigenvalue weighted by atomic mass is 16.2. The molecule has 0 unspecified atom stereocenters. The molecule has 3 aromatic rings. The molecular weight excluding hydrogens is 308 g/mol. The SMILES string of the molecule is Cc1cc(C)n2nc(C(=O)Nc3ccc4c(c3)CC(=O)N4)nc2n1. The first-order valence-electron chi connectivity index (χ1n) is 7.45. The number of amides is 2. The summed E-state index contributed by atoms with van der Waals surface area (Å²) in [4.78, 5) is 32.2. The molecule has 0 aliphatic carbocycles. The average molecular weight is 322 g/mol. The second-order valence-corrected chi connectivity index (χ2v) is 5.74. The van der Waals surface area contributed by atoms with Crippen molar-refractivity contribution in [1.29, 1.82) is 0 Å². The molecule has 3 heterocycles. The Morgan fingerprint density at radius 2 is 2.08 bits per heavy atom. The Hall–Kier alpha value is -3.29. The fourth-order valence-electron chi connectivity index (χ4n) is 2.76. The van der Waals surface area contributed by atoms with E-state index in [0.29, 0.717) is 17.9 Å². The van der Waals surface area contributed by atoms with Gasteiger partial charge in [-0.1, -0.05) is 0 Å². The van der Waals surface area contributed by atoms with E-state index < -0.39 is 5.91 Å². The summed E-state index contributed by atoms with van der Waals surface area (Å²) in [5, 5.41) is 9.70. The van der Waals surface area contributed by atoms with Gasteiger partial charge in [-0.15, -0.1) is 5.10 Å². The number of benzene rings is 1. The number of aromatic nitrogens is 4. The average Bonchev–Trinajstić information content (AvgIpc) is 3.09. The summed E-state index contributed by atoms with van der Waals surface area (Å²) in [6.45, 7) is 3.74. The van der Waals surface area contributed by atoms with Crippen molar-refractivity contribution in [3.05, 3.63) is 47.0 Å². The van der Waals surface area contributed by atoms with Crippen LogP contribution in [0.5, 0.6) is 0 Å². The van der Waals surface area contributed by atoms with Crippen LogP contribution >= 0.6 is 0 Å². The van der Waals surface area contributed by atoms with E-state index in [2.05, 4.69) is 25.7 Å². The lowest BCUT2D eigenvalue weighted by molar-refractivity contribution is -0.115. The van der Waals surface area contributed by atoms with E-state index in [4.69, 9.17) is 0 Å². The van der Waals surface area contributed by atoms with Crippen molar-refractivity contribution in [2.24, 2.45) is 0 Å². The van der Waals surface area contributed by atoms with Crippen LogP contribution in [0.15, 0.2) is 24.3 Å². The van der Waals surface area contributed by atoms with Gasteiger partial charge in [0, 0.05) is 22.8 Å². The van der Waals surface area contributed by atoms with Gasteiger partial charge in [0.05, 0.1) is 6.42 Å². The summed E-state index contributed by atoms with van der Waals surface area (Å²) in [6, 6.07) is 7.14. The highest BCUT2D eigenvalue weighted by molar-refractivity contribution is 6.03. The zero-order valence-electron chi connectivity index (χ0n) is 13.1. The number of carbonyl (C=O) groups excluding carboxylic acids is 2. The summed E-state index contributed by atoms with van der Waals surface area (Å²) in [7, 11) is 0. The van der Waals surface area contributed by atoms with Crippen molar-refractivity contribution in [1.82, 2.24) is 19.6 Å². The summed E-state index contributed by atoms with van der Waals surface area (Å²) in [6.07, 6.45) is 0.314. The van der Waals surface area contributed by atoms with Gasteiger partial charge in [-0.25, -0.2) is 9.50 Å². The Morgan fingerprint density at radius 1 is 1.25 bits per heavy atom. The lowest BCUT2D eigenvalue weighted by atomic mass is 10.1. The van der Waals surface area contributed by atoms with E-state index in [1.807, 2.05) is 19.9 Å². The Balaban J connectivity index is 1.62. The Labute approximate surface area is 136 Å². The predicted molar refractivity (Wildman–Crippen MR) is 87.0 cm³/mol. The number of aryl methyl sites for hydroxylation is 2. The van der Waals surface area contributed by atoms with Crippen molar-refractivity contribution in [2.45, 2.75) is 20.3 Å². The lowest BCUT2D eigenvalue weighted by Gasteiger charge is -2.04. The molecule has 1 aromatic carbocycles. The Kier molecular flexibility index (Phi) is 3.05. The van der Waals surface area contributed by atoms with Crippen LogP contribution in [0.1, 0.15) is 27.6 Å². The zero-order valence-corrected chi connectivity index (χ0v) is 13.1. The summed E-state index contributed by atoms with van der Waals surface area (Å²) in [5.41, 5.74) is 3.89. The van der Waals surface area contributed by atoms with Gasteiger partial charge in [0.2, 0.25) is 11.7 Å². The molecule has 1 aliphatic rings. The van der Waals surface area contributed by atoms with Gasteiger partial charge in [-0.3, -0.25) is 9.59 Å². The molecule has 0 bridgehead atoms. The van der Waals surface area contributed by atoms with E-state index in [1.165, 1.54) is 4.52 Å². The minimum absolute atomic E-state index is 0.0471. The van der Waals surface area contributed by atoms with Gasteiger partial charge >= 0.3 is 0 Å². The molecule has 24 heavy (non-hydrogen) atoms. The molecule has 0 saturated carbocycles. The molecule has 120 valence electrons. The van der Waals surface area contributed by atoms with Crippen LogP contribution in [0.2, 0.25) is 0 Å². The number of hydrogen-bond acceptors (Lipinski definition) is 5. The van der Waals surface area contributed by atoms with Crippen molar-refractivity contribution in [2.75, 3.05) is 10.6 Å². The van der Waals surface area contributed by atoms with E-state index in [9.17, 15) is 9.59 Å². The lowest BCUT2D eigenvalue weighted by Crippen LogP contribution is -2.14. The highest BCUT2D eigenvalue weighted by Crippen LogP contribution is 2.26. The van der Waals surface area contributed by atoms with Crippen LogP contribution in [0.4, 0.5) is 11.4 Å². The number of rotatable bonds is 2. The summed E-state index contributed by atoms with van der Waals surface area (Å²) >= 11 is 0. The van der Waals surface area contributed by atoms with Crippen LogP contribution in [0.25, 0.3) is 5.78 Å². The summed E-state index contributed by atoms with van der Waals surface area (Å²) < 4.78 is 1.53. The van der Waals surface area contributed by atoms with Gasteiger partial charge < -0.3 is 10.6 Å².